The Morgan fingerprint density at radius 3 is 2.41 bits per heavy atom. The van der Waals surface area contributed by atoms with E-state index in [1.54, 1.807) is 13.3 Å². The first-order valence-electron chi connectivity index (χ1n) is 11.2. The van der Waals surface area contributed by atoms with Crippen molar-refractivity contribution < 1.29 is 22.6 Å². The van der Waals surface area contributed by atoms with Gasteiger partial charge < -0.3 is 14.4 Å². The van der Waals surface area contributed by atoms with Crippen LogP contribution in [0, 0.1) is 10.8 Å². The number of hydrogen-bond acceptors (Lipinski definition) is 5. The maximum absolute atomic E-state index is 12.8. The number of para-hydroxylation sites is 1. The monoisotopic (exact) mass is 469 g/mol. The Morgan fingerprint density at radius 1 is 1.00 bits per heavy atom. The van der Waals surface area contributed by atoms with Crippen LogP contribution in [0.3, 0.4) is 0 Å². The van der Waals surface area contributed by atoms with Crippen molar-refractivity contribution in [3.8, 4) is 11.5 Å². The van der Waals surface area contributed by atoms with Crippen molar-refractivity contribution in [3.05, 3.63) is 78.4 Å². The minimum atomic E-state index is -4.42. The van der Waals surface area contributed by atoms with E-state index in [0.29, 0.717) is 6.61 Å². The van der Waals surface area contributed by atoms with Crippen LogP contribution < -0.4 is 14.4 Å². The van der Waals surface area contributed by atoms with Gasteiger partial charge in [0.25, 0.3) is 0 Å². The van der Waals surface area contributed by atoms with E-state index < -0.39 is 11.9 Å². The smallest absolute Gasteiger partial charge is 0.433 e. The van der Waals surface area contributed by atoms with E-state index in [2.05, 4.69) is 14.9 Å². The van der Waals surface area contributed by atoms with Gasteiger partial charge >= 0.3 is 6.18 Å². The molecule has 0 atom stereocenters. The van der Waals surface area contributed by atoms with Gasteiger partial charge in [-0.3, -0.25) is 4.98 Å². The fourth-order valence-electron chi connectivity index (χ4n) is 5.63. The SMILES string of the molecule is COc1ccncc1CC1(COc2ccccc2)CC2(CN(c3ccc(C(F)(F)F)nc3)C2)C1. The van der Waals surface area contributed by atoms with Crippen molar-refractivity contribution in [1.29, 1.82) is 0 Å². The molecule has 178 valence electrons. The number of methoxy groups -OCH3 is 1. The summed E-state index contributed by atoms with van der Waals surface area (Å²) in [5.41, 5.74) is 0.998. The lowest BCUT2D eigenvalue weighted by Gasteiger charge is -2.65. The van der Waals surface area contributed by atoms with Crippen LogP contribution >= 0.6 is 0 Å². The largest absolute Gasteiger partial charge is 0.496 e. The highest BCUT2D eigenvalue weighted by atomic mass is 19.4. The standard InChI is InChI=1S/C26H26F3N3O2/c1-33-22-9-10-30-12-19(22)11-24(18-34-21-5-3-2-4-6-21)14-25(15-24)16-32(17-25)20-7-8-23(31-13-20)26(27,28)29/h2-10,12-13H,11,14-18H2,1H3. The molecular formula is C26H26F3N3O2. The van der Waals surface area contributed by atoms with Crippen LogP contribution in [-0.4, -0.2) is 36.8 Å². The van der Waals surface area contributed by atoms with Crippen molar-refractivity contribution in [3.63, 3.8) is 0 Å². The Labute approximate surface area is 196 Å². The Kier molecular flexibility index (Phi) is 5.62. The highest BCUT2D eigenvalue weighted by Crippen LogP contribution is 2.61. The average Bonchev–Trinajstić information content (AvgIpc) is 2.79. The second-order valence-electron chi connectivity index (χ2n) is 9.58. The van der Waals surface area contributed by atoms with Crippen LogP contribution in [0.4, 0.5) is 18.9 Å². The minimum Gasteiger partial charge on any atom is -0.496 e. The molecule has 1 spiro atoms. The summed E-state index contributed by atoms with van der Waals surface area (Å²) < 4.78 is 50.2. The molecule has 0 N–H and O–H groups in total. The number of anilines is 1. The van der Waals surface area contributed by atoms with Crippen molar-refractivity contribution in [2.75, 3.05) is 31.7 Å². The Bertz CT molecular complexity index is 1120. The Balaban J connectivity index is 1.28. The van der Waals surface area contributed by atoms with Gasteiger partial charge in [0.2, 0.25) is 0 Å². The summed E-state index contributed by atoms with van der Waals surface area (Å²) in [6.45, 7) is 2.19. The lowest BCUT2D eigenvalue weighted by atomic mass is 9.48. The van der Waals surface area contributed by atoms with E-state index in [-0.39, 0.29) is 10.8 Å². The van der Waals surface area contributed by atoms with E-state index in [0.717, 1.165) is 61.2 Å². The Hall–Kier alpha value is -3.29. The third kappa shape index (κ3) is 4.41. The van der Waals surface area contributed by atoms with E-state index in [1.807, 2.05) is 42.6 Å². The molecule has 0 amide bonds. The summed E-state index contributed by atoms with van der Waals surface area (Å²) >= 11 is 0. The minimum absolute atomic E-state index is 0.0589. The number of aromatic nitrogens is 2. The number of pyridine rings is 2. The highest BCUT2D eigenvalue weighted by molar-refractivity contribution is 5.49. The fraction of sp³-hybridized carbons (Fsp3) is 0.385. The molecule has 3 aromatic rings. The zero-order chi connectivity index (χ0) is 23.8. The predicted molar refractivity (Wildman–Crippen MR) is 122 cm³/mol. The summed E-state index contributed by atoms with van der Waals surface area (Å²) in [7, 11) is 1.66. The molecule has 2 aromatic heterocycles. The number of benzene rings is 1. The molecule has 1 aliphatic carbocycles. The molecule has 1 saturated heterocycles. The van der Waals surface area contributed by atoms with Crippen LogP contribution in [0.5, 0.6) is 11.5 Å². The summed E-state index contributed by atoms with van der Waals surface area (Å²) in [5.74, 6) is 1.66. The first-order valence-corrected chi connectivity index (χ1v) is 11.2. The molecule has 0 bridgehead atoms. The summed E-state index contributed by atoms with van der Waals surface area (Å²) in [5, 5.41) is 0. The first-order chi connectivity index (χ1) is 16.3. The van der Waals surface area contributed by atoms with Gasteiger partial charge in [-0.15, -0.1) is 0 Å². The third-order valence-corrected chi connectivity index (χ3v) is 6.89. The molecule has 3 heterocycles. The van der Waals surface area contributed by atoms with Gasteiger partial charge in [-0.1, -0.05) is 18.2 Å². The van der Waals surface area contributed by atoms with Crippen molar-refractivity contribution >= 4 is 5.69 Å². The predicted octanol–water partition coefficient (Wildman–Crippen LogP) is 5.41. The third-order valence-electron chi connectivity index (χ3n) is 6.89. The summed E-state index contributed by atoms with van der Waals surface area (Å²) in [6.07, 6.45) is 3.20. The van der Waals surface area contributed by atoms with Crippen LogP contribution in [0.15, 0.2) is 67.1 Å². The molecular weight excluding hydrogens is 443 g/mol. The van der Waals surface area contributed by atoms with E-state index in [9.17, 15) is 13.2 Å². The topological polar surface area (TPSA) is 47.5 Å². The van der Waals surface area contributed by atoms with Gasteiger partial charge in [-0.25, -0.2) is 4.98 Å². The normalized spacial score (nSPS) is 18.2. The van der Waals surface area contributed by atoms with Crippen molar-refractivity contribution in [1.82, 2.24) is 9.97 Å². The van der Waals surface area contributed by atoms with Gasteiger partial charge in [0.1, 0.15) is 17.2 Å². The van der Waals surface area contributed by atoms with Crippen LogP contribution in [0.2, 0.25) is 0 Å². The lowest BCUT2D eigenvalue weighted by Crippen LogP contribution is -2.67. The number of rotatable bonds is 7. The van der Waals surface area contributed by atoms with E-state index in [4.69, 9.17) is 9.47 Å². The van der Waals surface area contributed by atoms with Crippen molar-refractivity contribution in [2.45, 2.75) is 25.4 Å². The quantitative estimate of drug-likeness (QED) is 0.463. The second-order valence-corrected chi connectivity index (χ2v) is 9.58. The van der Waals surface area contributed by atoms with Gasteiger partial charge in [-0.05, 0) is 49.6 Å². The van der Waals surface area contributed by atoms with E-state index in [1.165, 1.54) is 12.3 Å². The number of nitrogens with zero attached hydrogens (tertiary/aromatic N) is 3. The molecule has 1 saturated carbocycles. The summed E-state index contributed by atoms with van der Waals surface area (Å²) in [6, 6.07) is 14.2. The molecule has 34 heavy (non-hydrogen) atoms. The molecule has 1 aromatic carbocycles. The van der Waals surface area contributed by atoms with Crippen LogP contribution in [-0.2, 0) is 12.6 Å². The molecule has 2 aliphatic rings. The molecule has 5 nitrogen and oxygen atoms in total. The van der Waals surface area contributed by atoms with E-state index >= 15 is 0 Å². The number of alkyl halides is 3. The van der Waals surface area contributed by atoms with Crippen LogP contribution in [0.1, 0.15) is 24.1 Å². The maximum atomic E-state index is 12.8. The van der Waals surface area contributed by atoms with Gasteiger partial charge in [-0.2, -0.15) is 13.2 Å². The molecule has 0 unspecified atom stereocenters. The average molecular weight is 470 g/mol. The van der Waals surface area contributed by atoms with Gasteiger partial charge in [0.05, 0.1) is 25.6 Å². The lowest BCUT2D eigenvalue weighted by molar-refractivity contribution is -0.141. The zero-order valence-corrected chi connectivity index (χ0v) is 18.9. The molecule has 8 heteroatoms. The number of ether oxygens (including phenoxy) is 2. The van der Waals surface area contributed by atoms with Crippen LogP contribution in [0.25, 0.3) is 0 Å². The fourth-order valence-corrected chi connectivity index (χ4v) is 5.63. The molecule has 0 radical (unpaired) electrons. The van der Waals surface area contributed by atoms with Crippen molar-refractivity contribution in [2.24, 2.45) is 10.8 Å². The zero-order valence-electron chi connectivity index (χ0n) is 18.9. The molecule has 5 rings (SSSR count). The number of hydrogen-bond donors (Lipinski definition) is 0. The molecule has 2 fully saturated rings. The molecule has 1 aliphatic heterocycles. The van der Waals surface area contributed by atoms with Gasteiger partial charge in [0, 0.05) is 41.9 Å². The van der Waals surface area contributed by atoms with Gasteiger partial charge in [0.15, 0.2) is 0 Å². The second kappa shape index (κ2) is 8.49. The highest BCUT2D eigenvalue weighted by Gasteiger charge is 2.60. The summed E-state index contributed by atoms with van der Waals surface area (Å²) in [4.78, 5) is 9.99. The maximum Gasteiger partial charge on any atom is 0.433 e. The Morgan fingerprint density at radius 2 is 1.76 bits per heavy atom. The number of halogens is 3. The first kappa shape index (κ1) is 22.5.